The highest BCUT2D eigenvalue weighted by Crippen LogP contribution is 2.30. The molecular weight excluding hydrogens is 316 g/mol. The number of nitrogens with one attached hydrogen (secondary N) is 2. The standard InChI is InChI=1S/C19H30N4O2/c1-19(2,25)9-10-21-16-8-7-15(12-17(16)22-13-20)23-18(24)11-14-5-3-4-6-14/h7-8,12-14,21,25H,3-6,9-11H2,1-2H3,(H2,20,22)(H,23,24). The van der Waals surface area contributed by atoms with Crippen LogP contribution in [0.3, 0.4) is 0 Å². The molecule has 1 aromatic carbocycles. The SMILES string of the molecule is CC(C)(O)CCNc1ccc(NC(=O)CC2CCCC2)cc1N=CN. The zero-order valence-corrected chi connectivity index (χ0v) is 15.2. The molecule has 0 heterocycles. The van der Waals surface area contributed by atoms with Gasteiger partial charge in [-0.05, 0) is 57.2 Å². The van der Waals surface area contributed by atoms with E-state index in [0.717, 1.165) is 24.2 Å². The molecule has 2 rings (SSSR count). The van der Waals surface area contributed by atoms with Crippen LogP contribution in [0.1, 0.15) is 52.4 Å². The van der Waals surface area contributed by atoms with Gasteiger partial charge in [0.1, 0.15) is 0 Å². The molecule has 0 atom stereocenters. The topological polar surface area (TPSA) is 99.7 Å². The number of anilines is 2. The molecule has 1 aliphatic rings. The Labute approximate surface area is 149 Å². The summed E-state index contributed by atoms with van der Waals surface area (Å²) in [5.74, 6) is 0.571. The van der Waals surface area contributed by atoms with Crippen molar-refractivity contribution in [3.8, 4) is 0 Å². The lowest BCUT2D eigenvalue weighted by atomic mass is 10.0. The summed E-state index contributed by atoms with van der Waals surface area (Å²) >= 11 is 0. The minimum atomic E-state index is -0.724. The highest BCUT2D eigenvalue weighted by molar-refractivity contribution is 5.92. The molecule has 6 nitrogen and oxygen atoms in total. The van der Waals surface area contributed by atoms with Crippen LogP contribution in [0.5, 0.6) is 0 Å². The average molecular weight is 346 g/mol. The van der Waals surface area contributed by atoms with Crippen molar-refractivity contribution in [1.29, 1.82) is 0 Å². The molecule has 0 bridgehead atoms. The Bertz CT molecular complexity index is 602. The third kappa shape index (κ3) is 6.74. The molecule has 0 aliphatic heterocycles. The van der Waals surface area contributed by atoms with Crippen LogP contribution in [0, 0.1) is 5.92 Å². The van der Waals surface area contributed by atoms with Crippen molar-refractivity contribution in [1.82, 2.24) is 0 Å². The molecule has 25 heavy (non-hydrogen) atoms. The number of carbonyl (C=O) groups excluding carboxylic acids is 1. The van der Waals surface area contributed by atoms with Gasteiger partial charge in [0.15, 0.2) is 0 Å². The fourth-order valence-corrected chi connectivity index (χ4v) is 3.14. The molecule has 5 N–H and O–H groups in total. The van der Waals surface area contributed by atoms with E-state index in [1.54, 1.807) is 13.8 Å². The Morgan fingerprint density at radius 1 is 1.40 bits per heavy atom. The van der Waals surface area contributed by atoms with E-state index in [4.69, 9.17) is 5.73 Å². The quantitative estimate of drug-likeness (QED) is 0.428. The van der Waals surface area contributed by atoms with Gasteiger partial charge in [-0.25, -0.2) is 4.99 Å². The Balaban J connectivity index is 1.97. The Morgan fingerprint density at radius 2 is 2.12 bits per heavy atom. The van der Waals surface area contributed by atoms with Crippen LogP contribution in [-0.2, 0) is 4.79 Å². The van der Waals surface area contributed by atoms with Gasteiger partial charge in [-0.2, -0.15) is 0 Å². The predicted octanol–water partition coefficient (Wildman–Crippen LogP) is 3.40. The minimum Gasteiger partial charge on any atom is -0.390 e. The number of nitrogens with zero attached hydrogens (tertiary/aromatic N) is 1. The van der Waals surface area contributed by atoms with Gasteiger partial charge < -0.3 is 21.5 Å². The number of aliphatic imine (C=N–C) groups is 1. The van der Waals surface area contributed by atoms with E-state index in [0.29, 0.717) is 31.0 Å². The van der Waals surface area contributed by atoms with Gasteiger partial charge in [0.05, 0.1) is 23.3 Å². The fourth-order valence-electron chi connectivity index (χ4n) is 3.14. The van der Waals surface area contributed by atoms with Gasteiger partial charge in [-0.3, -0.25) is 4.79 Å². The van der Waals surface area contributed by atoms with E-state index < -0.39 is 5.60 Å². The molecule has 1 fully saturated rings. The Morgan fingerprint density at radius 3 is 2.76 bits per heavy atom. The molecule has 0 spiro atoms. The minimum absolute atomic E-state index is 0.0531. The molecule has 6 heteroatoms. The average Bonchev–Trinajstić information content (AvgIpc) is 3.01. The van der Waals surface area contributed by atoms with Gasteiger partial charge in [0, 0.05) is 18.7 Å². The van der Waals surface area contributed by atoms with Crippen molar-refractivity contribution in [3.63, 3.8) is 0 Å². The van der Waals surface area contributed by atoms with Crippen molar-refractivity contribution in [2.24, 2.45) is 16.6 Å². The van der Waals surface area contributed by atoms with Gasteiger partial charge in [-0.15, -0.1) is 0 Å². The molecule has 138 valence electrons. The van der Waals surface area contributed by atoms with Gasteiger partial charge >= 0.3 is 0 Å². The normalized spacial score (nSPS) is 15.6. The maximum Gasteiger partial charge on any atom is 0.224 e. The van der Waals surface area contributed by atoms with Gasteiger partial charge in [-0.1, -0.05) is 12.8 Å². The molecule has 0 saturated heterocycles. The number of hydrogen-bond acceptors (Lipinski definition) is 4. The molecule has 0 unspecified atom stereocenters. The summed E-state index contributed by atoms with van der Waals surface area (Å²) in [6.07, 6.45) is 7.21. The first-order valence-corrected chi connectivity index (χ1v) is 9.02. The third-order valence-electron chi connectivity index (χ3n) is 4.50. The number of carbonyl (C=O) groups is 1. The molecule has 1 saturated carbocycles. The van der Waals surface area contributed by atoms with Crippen molar-refractivity contribution in [3.05, 3.63) is 18.2 Å². The summed E-state index contributed by atoms with van der Waals surface area (Å²) in [4.78, 5) is 16.4. The number of amides is 1. The largest absolute Gasteiger partial charge is 0.390 e. The van der Waals surface area contributed by atoms with Gasteiger partial charge in [0.2, 0.25) is 5.91 Å². The second-order valence-electron chi connectivity index (χ2n) is 7.40. The van der Waals surface area contributed by atoms with E-state index in [1.165, 1.54) is 19.2 Å². The molecule has 0 radical (unpaired) electrons. The zero-order valence-electron chi connectivity index (χ0n) is 15.2. The van der Waals surface area contributed by atoms with E-state index in [2.05, 4.69) is 15.6 Å². The number of rotatable bonds is 8. The summed E-state index contributed by atoms with van der Waals surface area (Å²) in [7, 11) is 0. The van der Waals surface area contributed by atoms with E-state index >= 15 is 0 Å². The van der Waals surface area contributed by atoms with Crippen LogP contribution in [0.15, 0.2) is 23.2 Å². The first-order valence-electron chi connectivity index (χ1n) is 9.02. The summed E-state index contributed by atoms with van der Waals surface area (Å²) in [5.41, 5.74) is 6.92. The molecular formula is C19H30N4O2. The lowest BCUT2D eigenvalue weighted by molar-refractivity contribution is -0.117. The lowest BCUT2D eigenvalue weighted by Gasteiger charge is -2.18. The monoisotopic (exact) mass is 346 g/mol. The van der Waals surface area contributed by atoms with E-state index in [-0.39, 0.29) is 5.91 Å². The van der Waals surface area contributed by atoms with Crippen molar-refractivity contribution in [2.75, 3.05) is 17.2 Å². The Hall–Kier alpha value is -2.08. The molecule has 0 aromatic heterocycles. The van der Waals surface area contributed by atoms with E-state index in [9.17, 15) is 9.90 Å². The number of hydrogen-bond donors (Lipinski definition) is 4. The summed E-state index contributed by atoms with van der Waals surface area (Å²) in [5, 5.41) is 16.0. The zero-order chi connectivity index (χ0) is 18.3. The van der Waals surface area contributed by atoms with Crippen LogP contribution in [0.2, 0.25) is 0 Å². The van der Waals surface area contributed by atoms with Crippen LogP contribution in [-0.4, -0.2) is 29.5 Å². The van der Waals surface area contributed by atoms with Crippen molar-refractivity contribution < 1.29 is 9.90 Å². The second-order valence-corrected chi connectivity index (χ2v) is 7.40. The molecule has 1 aromatic rings. The van der Waals surface area contributed by atoms with E-state index in [1.807, 2.05) is 18.2 Å². The molecule has 1 amide bonds. The van der Waals surface area contributed by atoms with Crippen LogP contribution < -0.4 is 16.4 Å². The third-order valence-corrected chi connectivity index (χ3v) is 4.50. The maximum absolute atomic E-state index is 12.2. The van der Waals surface area contributed by atoms with Gasteiger partial charge in [0.25, 0.3) is 0 Å². The summed E-state index contributed by atoms with van der Waals surface area (Å²) < 4.78 is 0. The smallest absolute Gasteiger partial charge is 0.224 e. The van der Waals surface area contributed by atoms with Crippen LogP contribution in [0.25, 0.3) is 0 Å². The highest BCUT2D eigenvalue weighted by Gasteiger charge is 2.18. The second kappa shape index (κ2) is 8.85. The molecule has 1 aliphatic carbocycles. The first kappa shape index (κ1) is 19.2. The highest BCUT2D eigenvalue weighted by atomic mass is 16.3. The summed E-state index contributed by atoms with van der Waals surface area (Å²) in [6, 6.07) is 5.54. The van der Waals surface area contributed by atoms with Crippen molar-refractivity contribution >= 4 is 29.3 Å². The first-order chi connectivity index (χ1) is 11.9. The maximum atomic E-state index is 12.2. The van der Waals surface area contributed by atoms with Crippen molar-refractivity contribution in [2.45, 2.75) is 58.0 Å². The number of aliphatic hydroxyl groups is 1. The lowest BCUT2D eigenvalue weighted by Crippen LogP contribution is -2.22. The van der Waals surface area contributed by atoms with Crippen LogP contribution in [0.4, 0.5) is 17.1 Å². The number of nitrogens with two attached hydrogens (primary N) is 1. The summed E-state index contributed by atoms with van der Waals surface area (Å²) in [6.45, 7) is 4.16. The van der Waals surface area contributed by atoms with Crippen LogP contribution >= 0.6 is 0 Å². The predicted molar refractivity (Wildman–Crippen MR) is 103 cm³/mol. The number of benzene rings is 1. The fraction of sp³-hybridized carbons (Fsp3) is 0.579. The Kier molecular flexibility index (Phi) is 6.82.